The molecule has 0 aromatic carbocycles. The number of ether oxygens (including phenoxy) is 1. The molecule has 1 unspecified atom stereocenters. The van der Waals surface area contributed by atoms with Crippen LogP contribution in [0.2, 0.25) is 0 Å². The molecule has 25 heavy (non-hydrogen) atoms. The number of hydrogen-bond acceptors (Lipinski definition) is 8. The van der Waals surface area contributed by atoms with Gasteiger partial charge in [-0.1, -0.05) is 25.9 Å². The third-order valence-corrected chi connectivity index (χ3v) is 3.91. The van der Waals surface area contributed by atoms with E-state index < -0.39 is 6.04 Å². The summed E-state index contributed by atoms with van der Waals surface area (Å²) in [6.45, 7) is 8.06. The maximum Gasteiger partial charge on any atom is 0.250 e. The number of carbonyl (C=O) groups is 1. The molecule has 1 atom stereocenters. The van der Waals surface area contributed by atoms with Gasteiger partial charge in [-0.2, -0.15) is 10.1 Å². The van der Waals surface area contributed by atoms with E-state index in [0.29, 0.717) is 24.1 Å². The monoisotopic (exact) mass is 349 g/mol. The fraction of sp³-hybridized carbons (Fsp3) is 0.667. The Morgan fingerprint density at radius 3 is 2.88 bits per heavy atom. The van der Waals surface area contributed by atoms with Gasteiger partial charge in [-0.25, -0.2) is 4.98 Å². The van der Waals surface area contributed by atoms with Crippen molar-refractivity contribution in [3.63, 3.8) is 0 Å². The molecule has 1 saturated heterocycles. The van der Waals surface area contributed by atoms with Gasteiger partial charge in [0.15, 0.2) is 5.82 Å². The minimum Gasteiger partial charge on any atom is -0.375 e. The zero-order chi connectivity index (χ0) is 17.9. The second-order valence-electron chi connectivity index (χ2n) is 7.06. The van der Waals surface area contributed by atoms with Crippen molar-refractivity contribution in [1.29, 1.82) is 0 Å². The van der Waals surface area contributed by atoms with E-state index >= 15 is 0 Å². The van der Waals surface area contributed by atoms with E-state index in [0.717, 1.165) is 13.1 Å². The van der Waals surface area contributed by atoms with Crippen LogP contribution in [0.25, 0.3) is 11.6 Å². The minimum atomic E-state index is -0.422. The van der Waals surface area contributed by atoms with Crippen LogP contribution in [0.1, 0.15) is 39.1 Å². The van der Waals surface area contributed by atoms with Gasteiger partial charge in [0.2, 0.25) is 17.6 Å². The lowest BCUT2D eigenvalue weighted by Gasteiger charge is -2.29. The largest absolute Gasteiger partial charge is 0.375 e. The number of carbonyl (C=O) groups excluding carboxylic acids is 1. The molecule has 1 aliphatic heterocycles. The normalized spacial score (nSPS) is 16.4. The summed E-state index contributed by atoms with van der Waals surface area (Å²) in [5.41, 5.74) is -0.306. The lowest BCUT2D eigenvalue weighted by Crippen LogP contribution is -2.48. The van der Waals surface area contributed by atoms with Gasteiger partial charge in [0.25, 0.3) is 0 Å². The van der Waals surface area contributed by atoms with Crippen LogP contribution in [0.15, 0.2) is 10.9 Å². The fourth-order valence-corrected chi connectivity index (χ4v) is 2.34. The Hall–Kier alpha value is -2.33. The summed E-state index contributed by atoms with van der Waals surface area (Å²) in [4.78, 5) is 20.6. The molecule has 1 fully saturated rings. The summed E-state index contributed by atoms with van der Waals surface area (Å²) in [5, 5.41) is 16.4. The highest BCUT2D eigenvalue weighted by atomic mass is 16.5. The van der Waals surface area contributed by atoms with Crippen molar-refractivity contribution in [1.82, 2.24) is 36.0 Å². The Labute approximate surface area is 145 Å². The highest BCUT2D eigenvalue weighted by molar-refractivity contribution is 5.76. The number of hydrogen-bond donors (Lipinski definition) is 3. The summed E-state index contributed by atoms with van der Waals surface area (Å²) < 4.78 is 10.9. The topological polar surface area (TPSA) is 131 Å². The van der Waals surface area contributed by atoms with E-state index in [1.54, 1.807) is 0 Å². The van der Waals surface area contributed by atoms with Crippen molar-refractivity contribution in [3.8, 4) is 11.6 Å². The van der Waals surface area contributed by atoms with Crippen LogP contribution in [-0.4, -0.2) is 57.0 Å². The number of H-pyrrole nitrogens is 1. The van der Waals surface area contributed by atoms with E-state index in [4.69, 9.17) is 9.26 Å². The number of rotatable bonds is 7. The molecule has 0 spiro atoms. The van der Waals surface area contributed by atoms with E-state index in [9.17, 15) is 4.79 Å². The molecule has 0 bridgehead atoms. The first-order valence-corrected chi connectivity index (χ1v) is 8.24. The van der Waals surface area contributed by atoms with Crippen molar-refractivity contribution in [3.05, 3.63) is 12.2 Å². The predicted molar refractivity (Wildman–Crippen MR) is 87.2 cm³/mol. The first-order valence-electron chi connectivity index (χ1n) is 8.24. The van der Waals surface area contributed by atoms with Crippen molar-refractivity contribution in [2.45, 2.75) is 39.3 Å². The summed E-state index contributed by atoms with van der Waals surface area (Å²) in [6, 6.07) is -0.422. The molecule has 2 aromatic heterocycles. The molecule has 3 N–H and O–H groups in total. The van der Waals surface area contributed by atoms with Crippen molar-refractivity contribution in [2.24, 2.45) is 5.41 Å². The Kier molecular flexibility index (Phi) is 5.09. The molecule has 0 radical (unpaired) electrons. The van der Waals surface area contributed by atoms with Crippen molar-refractivity contribution >= 4 is 5.91 Å². The first kappa shape index (κ1) is 17.5. The maximum atomic E-state index is 12.3. The molecule has 10 heteroatoms. The van der Waals surface area contributed by atoms with Gasteiger partial charge in [-0.3, -0.25) is 9.89 Å². The number of nitrogens with zero attached hydrogens (tertiary/aromatic N) is 4. The SMILES string of the molecule is CC(C)(C)C(NC(=O)CCOC1CNC1)c1nc(-c2ncn[nH]2)no1. The molecule has 136 valence electrons. The first-order chi connectivity index (χ1) is 11.9. The fourth-order valence-electron chi connectivity index (χ4n) is 2.34. The molecular weight excluding hydrogens is 326 g/mol. The van der Waals surface area contributed by atoms with Crippen LogP contribution >= 0.6 is 0 Å². The highest BCUT2D eigenvalue weighted by Crippen LogP contribution is 2.32. The van der Waals surface area contributed by atoms with Crippen LogP contribution in [0.5, 0.6) is 0 Å². The minimum absolute atomic E-state index is 0.119. The van der Waals surface area contributed by atoms with Crippen LogP contribution < -0.4 is 10.6 Å². The number of aromatic amines is 1. The second kappa shape index (κ2) is 7.28. The van der Waals surface area contributed by atoms with E-state index in [-0.39, 0.29) is 23.8 Å². The van der Waals surface area contributed by atoms with Gasteiger partial charge in [0.1, 0.15) is 12.4 Å². The van der Waals surface area contributed by atoms with E-state index in [1.165, 1.54) is 6.33 Å². The van der Waals surface area contributed by atoms with E-state index in [2.05, 4.69) is 36.0 Å². The number of nitrogens with one attached hydrogen (secondary N) is 3. The standard InChI is InChI=1S/C15H23N7O3/c1-15(2,3)11(19-10(23)4-5-24-9-6-16-7-9)14-20-13(22-25-14)12-17-8-18-21-12/h8-9,11,16H,4-7H2,1-3H3,(H,19,23)(H,17,18,21). The third-order valence-electron chi connectivity index (χ3n) is 3.91. The Balaban J connectivity index is 1.62. The summed E-state index contributed by atoms with van der Waals surface area (Å²) >= 11 is 0. The molecule has 1 aliphatic rings. The average Bonchev–Trinajstić information content (AvgIpc) is 3.16. The maximum absolute atomic E-state index is 12.3. The highest BCUT2D eigenvalue weighted by Gasteiger charge is 2.33. The molecular formula is C15H23N7O3. The van der Waals surface area contributed by atoms with Crippen LogP contribution in [0.4, 0.5) is 0 Å². The predicted octanol–water partition coefficient (Wildman–Crippen LogP) is 0.437. The van der Waals surface area contributed by atoms with Crippen molar-refractivity contribution < 1.29 is 14.1 Å². The Morgan fingerprint density at radius 1 is 1.48 bits per heavy atom. The third kappa shape index (κ3) is 4.40. The summed E-state index contributed by atoms with van der Waals surface area (Å²) in [7, 11) is 0. The second-order valence-corrected chi connectivity index (χ2v) is 7.06. The molecule has 2 aromatic rings. The van der Waals surface area contributed by atoms with Gasteiger partial charge in [-0.15, -0.1) is 0 Å². The van der Waals surface area contributed by atoms with Gasteiger partial charge in [0, 0.05) is 19.5 Å². The summed E-state index contributed by atoms with van der Waals surface area (Å²) in [5.74, 6) is 0.927. The van der Waals surface area contributed by atoms with Crippen LogP contribution in [0, 0.1) is 5.41 Å². The molecule has 0 saturated carbocycles. The van der Waals surface area contributed by atoms with E-state index in [1.807, 2.05) is 20.8 Å². The number of aromatic nitrogens is 5. The lowest BCUT2D eigenvalue weighted by atomic mass is 9.86. The van der Waals surface area contributed by atoms with Crippen LogP contribution in [0.3, 0.4) is 0 Å². The molecule has 3 rings (SSSR count). The van der Waals surface area contributed by atoms with Gasteiger partial charge < -0.3 is 19.9 Å². The molecule has 1 amide bonds. The zero-order valence-corrected chi connectivity index (χ0v) is 14.6. The molecule has 3 heterocycles. The number of amides is 1. The average molecular weight is 349 g/mol. The molecule has 10 nitrogen and oxygen atoms in total. The lowest BCUT2D eigenvalue weighted by molar-refractivity contribution is -0.124. The smallest absolute Gasteiger partial charge is 0.250 e. The Morgan fingerprint density at radius 2 is 2.28 bits per heavy atom. The van der Waals surface area contributed by atoms with Gasteiger partial charge in [-0.05, 0) is 5.41 Å². The molecule has 0 aliphatic carbocycles. The van der Waals surface area contributed by atoms with Crippen molar-refractivity contribution in [2.75, 3.05) is 19.7 Å². The van der Waals surface area contributed by atoms with Gasteiger partial charge in [0.05, 0.1) is 12.7 Å². The summed E-state index contributed by atoms with van der Waals surface area (Å²) in [6.07, 6.45) is 1.87. The van der Waals surface area contributed by atoms with Gasteiger partial charge >= 0.3 is 0 Å². The quantitative estimate of drug-likeness (QED) is 0.656. The van der Waals surface area contributed by atoms with Crippen LogP contribution in [-0.2, 0) is 9.53 Å². The Bertz CT molecular complexity index is 688. The zero-order valence-electron chi connectivity index (χ0n) is 14.6.